The van der Waals surface area contributed by atoms with Crippen molar-refractivity contribution in [3.63, 3.8) is 0 Å². The number of benzene rings is 3. The van der Waals surface area contributed by atoms with Crippen LogP contribution >= 0.6 is 0 Å². The Bertz CT molecular complexity index is 1160. The van der Waals surface area contributed by atoms with Crippen LogP contribution in [0.25, 0.3) is 34.1 Å². The number of hydrogen-bond donors (Lipinski definition) is 0. The van der Waals surface area contributed by atoms with Crippen LogP contribution in [-0.2, 0) is 26.2 Å². The Morgan fingerprint density at radius 1 is 0.821 bits per heavy atom. The minimum absolute atomic E-state index is 0. The standard InChI is InChI=1S/C27H26.Zr/c1-19-13-25-16-21(15-20-7-3-2-4-8-20)17-27(25)26(14-19)24-12-11-22-9-5-6-10-23(22)18-24;/h5-6,9-18,20H,2-4,7-8H2,1H3;. The van der Waals surface area contributed by atoms with Crippen LogP contribution in [0.15, 0.2) is 66.2 Å². The first-order valence-corrected chi connectivity index (χ1v) is 10.3. The summed E-state index contributed by atoms with van der Waals surface area (Å²) < 4.78 is 0. The van der Waals surface area contributed by atoms with Gasteiger partial charge in [-0.05, 0) is 87.4 Å². The molecule has 28 heavy (non-hydrogen) atoms. The molecular weight excluding hydrogens is 416 g/mol. The van der Waals surface area contributed by atoms with Crippen molar-refractivity contribution in [2.75, 3.05) is 0 Å². The molecule has 0 aliphatic heterocycles. The second-order valence-electron chi connectivity index (χ2n) is 8.23. The molecule has 0 spiro atoms. The molecule has 0 heterocycles. The van der Waals surface area contributed by atoms with E-state index in [2.05, 4.69) is 79.7 Å². The molecule has 1 saturated carbocycles. The van der Waals surface area contributed by atoms with E-state index in [9.17, 15) is 0 Å². The molecule has 0 amide bonds. The minimum Gasteiger partial charge on any atom is -0.0741 e. The molecule has 0 N–H and O–H groups in total. The van der Waals surface area contributed by atoms with Crippen molar-refractivity contribution in [1.82, 2.24) is 0 Å². The maximum Gasteiger partial charge on any atom is 0 e. The summed E-state index contributed by atoms with van der Waals surface area (Å²) in [6.07, 6.45) is 14.2. The molecule has 0 aromatic heterocycles. The van der Waals surface area contributed by atoms with Gasteiger partial charge in [-0.25, -0.2) is 0 Å². The van der Waals surface area contributed by atoms with Crippen molar-refractivity contribution in [1.29, 1.82) is 0 Å². The minimum atomic E-state index is 0. The van der Waals surface area contributed by atoms with E-state index in [-0.39, 0.29) is 26.2 Å². The Hall–Kier alpha value is -1.72. The van der Waals surface area contributed by atoms with E-state index in [1.54, 1.807) is 0 Å². The van der Waals surface area contributed by atoms with Crippen molar-refractivity contribution < 1.29 is 26.2 Å². The maximum atomic E-state index is 2.53. The molecule has 0 atom stereocenters. The summed E-state index contributed by atoms with van der Waals surface area (Å²) in [6, 6.07) is 20.2. The Morgan fingerprint density at radius 3 is 2.43 bits per heavy atom. The monoisotopic (exact) mass is 440 g/mol. The van der Waals surface area contributed by atoms with Crippen LogP contribution in [0.4, 0.5) is 0 Å². The summed E-state index contributed by atoms with van der Waals surface area (Å²) in [5.74, 6) is 0.765. The van der Waals surface area contributed by atoms with Crippen molar-refractivity contribution >= 4 is 22.9 Å². The zero-order valence-electron chi connectivity index (χ0n) is 16.5. The van der Waals surface area contributed by atoms with E-state index >= 15 is 0 Å². The summed E-state index contributed by atoms with van der Waals surface area (Å²) in [4.78, 5) is 0. The van der Waals surface area contributed by atoms with Gasteiger partial charge in [0, 0.05) is 26.2 Å². The zero-order chi connectivity index (χ0) is 18.2. The fourth-order valence-electron chi connectivity index (χ4n) is 4.76. The third kappa shape index (κ3) is 3.88. The Kier molecular flexibility index (Phi) is 5.84. The molecule has 0 bridgehead atoms. The summed E-state index contributed by atoms with van der Waals surface area (Å²) in [6.45, 7) is 2.21. The molecule has 1 heteroatoms. The van der Waals surface area contributed by atoms with Crippen LogP contribution in [0.5, 0.6) is 0 Å². The predicted molar refractivity (Wildman–Crippen MR) is 117 cm³/mol. The van der Waals surface area contributed by atoms with Crippen LogP contribution in [-0.4, -0.2) is 0 Å². The Morgan fingerprint density at radius 2 is 1.61 bits per heavy atom. The Balaban J connectivity index is 0.00000192. The van der Waals surface area contributed by atoms with E-state index in [1.165, 1.54) is 75.6 Å². The molecule has 2 aliphatic rings. The Labute approximate surface area is 186 Å². The fraction of sp³-hybridized carbons (Fsp3) is 0.259. The summed E-state index contributed by atoms with van der Waals surface area (Å²) in [7, 11) is 0. The second kappa shape index (κ2) is 8.34. The van der Waals surface area contributed by atoms with Crippen LogP contribution in [0.2, 0.25) is 0 Å². The average Bonchev–Trinajstić information content (AvgIpc) is 3.09. The van der Waals surface area contributed by atoms with E-state index in [0.717, 1.165) is 5.92 Å². The van der Waals surface area contributed by atoms with Gasteiger partial charge in [0.15, 0.2) is 0 Å². The third-order valence-electron chi connectivity index (χ3n) is 6.13. The van der Waals surface area contributed by atoms with E-state index in [4.69, 9.17) is 0 Å². The summed E-state index contributed by atoms with van der Waals surface area (Å²) in [5, 5.41) is 5.38. The van der Waals surface area contributed by atoms with Crippen molar-refractivity contribution in [2.45, 2.75) is 39.0 Å². The van der Waals surface area contributed by atoms with Gasteiger partial charge >= 0.3 is 0 Å². The normalized spacial score (nSPS) is 17.7. The molecule has 0 nitrogen and oxygen atoms in total. The van der Waals surface area contributed by atoms with Crippen LogP contribution < -0.4 is 10.4 Å². The molecular formula is C27H26Zr. The molecule has 0 unspecified atom stereocenters. The first-order valence-electron chi connectivity index (χ1n) is 10.3. The van der Waals surface area contributed by atoms with Crippen molar-refractivity contribution in [3.8, 4) is 11.1 Å². The van der Waals surface area contributed by atoms with Crippen molar-refractivity contribution in [3.05, 3.63) is 82.2 Å². The SMILES string of the molecule is Cc1cc(-c2ccc3ccccc3c2)c2c(c1)=CC(=CC1CCCCC1)C=2.[Zr]. The summed E-state index contributed by atoms with van der Waals surface area (Å²) >= 11 is 0. The van der Waals surface area contributed by atoms with Gasteiger partial charge in [-0.1, -0.05) is 73.9 Å². The molecule has 3 aromatic rings. The smallest absolute Gasteiger partial charge is 0 e. The van der Waals surface area contributed by atoms with Gasteiger partial charge in [-0.2, -0.15) is 0 Å². The van der Waals surface area contributed by atoms with Gasteiger partial charge in [0.1, 0.15) is 0 Å². The number of hydrogen-bond acceptors (Lipinski definition) is 0. The quantitative estimate of drug-likeness (QED) is 0.465. The first-order chi connectivity index (χ1) is 13.3. The molecule has 5 rings (SSSR count). The molecule has 138 valence electrons. The number of rotatable bonds is 2. The van der Waals surface area contributed by atoms with Gasteiger partial charge in [-0.3, -0.25) is 0 Å². The fourth-order valence-corrected chi connectivity index (χ4v) is 4.76. The predicted octanol–water partition coefficient (Wildman–Crippen LogP) is 5.89. The van der Waals surface area contributed by atoms with Crippen molar-refractivity contribution in [2.24, 2.45) is 5.92 Å². The molecule has 2 aliphatic carbocycles. The molecule has 0 saturated heterocycles. The number of allylic oxidation sites excluding steroid dienone is 2. The van der Waals surface area contributed by atoms with Gasteiger partial charge in [-0.15, -0.1) is 0 Å². The topological polar surface area (TPSA) is 0 Å². The third-order valence-corrected chi connectivity index (χ3v) is 6.13. The van der Waals surface area contributed by atoms with E-state index in [1.807, 2.05) is 0 Å². The van der Waals surface area contributed by atoms with E-state index < -0.39 is 0 Å². The van der Waals surface area contributed by atoms with Crippen LogP contribution in [0.3, 0.4) is 0 Å². The van der Waals surface area contributed by atoms with Gasteiger partial charge in [0.25, 0.3) is 0 Å². The largest absolute Gasteiger partial charge is 0.0741 e. The first kappa shape index (κ1) is 19.6. The van der Waals surface area contributed by atoms with Gasteiger partial charge in [0.2, 0.25) is 0 Å². The number of fused-ring (bicyclic) bond motifs is 2. The van der Waals surface area contributed by atoms with E-state index in [0.29, 0.717) is 0 Å². The second-order valence-corrected chi connectivity index (χ2v) is 8.23. The van der Waals surface area contributed by atoms with Gasteiger partial charge in [0.05, 0.1) is 0 Å². The maximum absolute atomic E-state index is 2.53. The average molecular weight is 442 g/mol. The van der Waals surface area contributed by atoms with Gasteiger partial charge < -0.3 is 0 Å². The zero-order valence-corrected chi connectivity index (χ0v) is 19.0. The molecule has 1 fully saturated rings. The number of aryl methyl sites for hydroxylation is 1. The van der Waals surface area contributed by atoms with Crippen LogP contribution in [0.1, 0.15) is 37.7 Å². The summed E-state index contributed by atoms with van der Waals surface area (Å²) in [5.41, 5.74) is 5.42. The van der Waals surface area contributed by atoms with Crippen LogP contribution in [0, 0.1) is 12.8 Å². The molecule has 0 radical (unpaired) electrons. The molecule has 3 aromatic carbocycles.